The number of hydrogen-bond donors (Lipinski definition) is 0. The summed E-state index contributed by atoms with van der Waals surface area (Å²) in [5.74, 6) is -0.738. The number of esters is 1. The maximum Gasteiger partial charge on any atom is 0.326 e. The Kier molecular flexibility index (Phi) is 7.06. The average Bonchev–Trinajstić information content (AvgIpc) is 2.93. The maximum absolute atomic E-state index is 13.3. The van der Waals surface area contributed by atoms with Crippen molar-refractivity contribution in [2.24, 2.45) is 0 Å². The number of carbonyl (C=O) groups is 1. The van der Waals surface area contributed by atoms with E-state index in [0.29, 0.717) is 0 Å². The number of carbonyl (C=O) groups excluding carboxylic acids is 1. The molecule has 1 saturated heterocycles. The number of halogens is 1. The Bertz CT molecular complexity index is 1010. The second kappa shape index (κ2) is 9.37. The molecule has 0 amide bonds. The minimum Gasteiger partial charge on any atom is -0.468 e. The number of non-ortho nitro benzene ring substituents is 1. The molecule has 2 aromatic carbocycles. The Morgan fingerprint density at radius 1 is 1.20 bits per heavy atom. The standard InChI is InChI=1S/C19H19IN2O7S/c1-28-19(23)17-12-29-18(13-5-3-2-4-6-13)16(20)11-21(17)30(26,27)15-9-7-14(8-10-15)22(24)25/h2-10,16-18H,11-12H2,1H3/t16-,17+,18+/m1/s1. The van der Waals surface area contributed by atoms with Crippen molar-refractivity contribution >= 4 is 44.3 Å². The highest BCUT2D eigenvalue weighted by molar-refractivity contribution is 14.1. The lowest BCUT2D eigenvalue weighted by Gasteiger charge is -2.27. The van der Waals surface area contributed by atoms with Crippen LogP contribution in [0.3, 0.4) is 0 Å². The molecule has 1 fully saturated rings. The van der Waals surface area contributed by atoms with Crippen molar-refractivity contribution < 1.29 is 27.6 Å². The molecule has 0 aliphatic carbocycles. The average molecular weight is 546 g/mol. The van der Waals surface area contributed by atoms with E-state index in [1.54, 1.807) is 0 Å². The molecule has 1 aliphatic heterocycles. The summed E-state index contributed by atoms with van der Waals surface area (Å²) in [5.41, 5.74) is 0.642. The SMILES string of the molecule is COC(=O)[C@@H]1CO[C@@H](c2ccccc2)[C@H](I)CN1S(=O)(=O)c1ccc([N+](=O)[O-])cc1. The van der Waals surface area contributed by atoms with Crippen LogP contribution in [0.2, 0.25) is 0 Å². The van der Waals surface area contributed by atoms with Gasteiger partial charge in [0.25, 0.3) is 5.69 Å². The monoisotopic (exact) mass is 546 g/mol. The van der Waals surface area contributed by atoms with Crippen LogP contribution < -0.4 is 0 Å². The van der Waals surface area contributed by atoms with Gasteiger partial charge in [0.15, 0.2) is 0 Å². The first kappa shape index (κ1) is 22.6. The maximum atomic E-state index is 13.3. The molecule has 0 radical (unpaired) electrons. The van der Waals surface area contributed by atoms with Gasteiger partial charge >= 0.3 is 5.97 Å². The zero-order valence-corrected chi connectivity index (χ0v) is 18.9. The number of methoxy groups -OCH3 is 1. The van der Waals surface area contributed by atoms with Gasteiger partial charge in [-0.2, -0.15) is 4.31 Å². The number of ether oxygens (including phenoxy) is 2. The quantitative estimate of drug-likeness (QED) is 0.186. The van der Waals surface area contributed by atoms with E-state index in [1.807, 2.05) is 30.3 Å². The molecule has 9 nitrogen and oxygen atoms in total. The molecular weight excluding hydrogens is 527 g/mol. The highest BCUT2D eigenvalue weighted by atomic mass is 127. The number of sulfonamides is 1. The van der Waals surface area contributed by atoms with Crippen molar-refractivity contribution in [1.82, 2.24) is 4.31 Å². The fourth-order valence-electron chi connectivity index (χ4n) is 3.19. The Morgan fingerprint density at radius 3 is 2.40 bits per heavy atom. The second-order valence-electron chi connectivity index (χ2n) is 6.55. The summed E-state index contributed by atoms with van der Waals surface area (Å²) >= 11 is 2.11. The third-order valence-electron chi connectivity index (χ3n) is 4.72. The summed E-state index contributed by atoms with van der Waals surface area (Å²) in [5, 5.41) is 10.9. The summed E-state index contributed by atoms with van der Waals surface area (Å²) < 4.78 is 38.2. The van der Waals surface area contributed by atoms with Crippen molar-refractivity contribution in [2.45, 2.75) is 21.0 Å². The summed E-state index contributed by atoms with van der Waals surface area (Å²) in [6.07, 6.45) is -0.420. The van der Waals surface area contributed by atoms with E-state index in [1.165, 1.54) is 7.11 Å². The van der Waals surface area contributed by atoms with E-state index in [4.69, 9.17) is 9.47 Å². The van der Waals surface area contributed by atoms with E-state index < -0.39 is 33.1 Å². The van der Waals surface area contributed by atoms with Crippen molar-refractivity contribution in [1.29, 1.82) is 0 Å². The fraction of sp³-hybridized carbons (Fsp3) is 0.316. The Morgan fingerprint density at radius 2 is 1.83 bits per heavy atom. The van der Waals surface area contributed by atoms with Crippen molar-refractivity contribution in [3.63, 3.8) is 0 Å². The van der Waals surface area contributed by atoms with E-state index in [-0.39, 0.29) is 27.7 Å². The third-order valence-corrected chi connectivity index (χ3v) is 7.66. The van der Waals surface area contributed by atoms with E-state index in [2.05, 4.69) is 22.6 Å². The van der Waals surface area contributed by atoms with Gasteiger partial charge in [-0.3, -0.25) is 14.9 Å². The Balaban J connectivity index is 1.98. The number of nitro benzene ring substituents is 1. The summed E-state index contributed by atoms with van der Waals surface area (Å²) in [6, 6.07) is 12.7. The van der Waals surface area contributed by atoms with Gasteiger partial charge in [0.05, 0.1) is 33.6 Å². The number of alkyl halides is 1. The van der Waals surface area contributed by atoms with Gasteiger partial charge in [0.2, 0.25) is 10.0 Å². The molecule has 1 heterocycles. The van der Waals surface area contributed by atoms with Crippen LogP contribution in [0.1, 0.15) is 11.7 Å². The first-order chi connectivity index (χ1) is 14.3. The van der Waals surface area contributed by atoms with Crippen LogP contribution in [-0.4, -0.2) is 53.8 Å². The van der Waals surface area contributed by atoms with Crippen LogP contribution in [0.4, 0.5) is 5.69 Å². The van der Waals surface area contributed by atoms with Gasteiger partial charge in [-0.25, -0.2) is 8.42 Å². The Labute approximate surface area is 187 Å². The van der Waals surface area contributed by atoms with Crippen LogP contribution in [0.15, 0.2) is 59.5 Å². The van der Waals surface area contributed by atoms with E-state index in [9.17, 15) is 23.3 Å². The summed E-state index contributed by atoms with van der Waals surface area (Å²) in [4.78, 5) is 22.5. The van der Waals surface area contributed by atoms with Crippen LogP contribution in [0.5, 0.6) is 0 Å². The number of benzene rings is 2. The summed E-state index contributed by atoms with van der Waals surface area (Å²) in [7, 11) is -2.96. The predicted octanol–water partition coefficient (Wildman–Crippen LogP) is 2.70. The third kappa shape index (κ3) is 4.63. The molecule has 3 atom stereocenters. The zero-order valence-electron chi connectivity index (χ0n) is 15.9. The van der Waals surface area contributed by atoms with Crippen molar-refractivity contribution in [2.75, 3.05) is 20.3 Å². The van der Waals surface area contributed by atoms with Crippen LogP contribution in [0.25, 0.3) is 0 Å². The Hall–Kier alpha value is -2.09. The molecule has 160 valence electrons. The number of nitrogens with zero attached hydrogens (tertiary/aromatic N) is 2. The molecule has 0 bridgehead atoms. The van der Waals surface area contributed by atoms with Crippen molar-refractivity contribution in [3.05, 3.63) is 70.3 Å². The van der Waals surface area contributed by atoms with E-state index >= 15 is 0 Å². The topological polar surface area (TPSA) is 116 Å². The minimum absolute atomic E-state index is 0.000785. The van der Waals surface area contributed by atoms with Gasteiger partial charge in [0.1, 0.15) is 6.04 Å². The smallest absolute Gasteiger partial charge is 0.326 e. The summed E-state index contributed by atoms with van der Waals surface area (Å²) in [6.45, 7) is -0.183. The normalized spacial score (nSPS) is 22.8. The first-order valence-electron chi connectivity index (χ1n) is 8.90. The highest BCUT2D eigenvalue weighted by Crippen LogP contribution is 2.34. The number of rotatable bonds is 5. The number of nitro groups is 1. The molecule has 0 unspecified atom stereocenters. The predicted molar refractivity (Wildman–Crippen MR) is 116 cm³/mol. The van der Waals surface area contributed by atoms with Crippen LogP contribution >= 0.6 is 22.6 Å². The fourth-order valence-corrected chi connectivity index (χ4v) is 6.09. The molecule has 2 aromatic rings. The molecule has 0 N–H and O–H groups in total. The zero-order chi connectivity index (χ0) is 21.9. The molecule has 30 heavy (non-hydrogen) atoms. The molecule has 0 spiro atoms. The van der Waals surface area contributed by atoms with Crippen LogP contribution in [-0.2, 0) is 24.3 Å². The lowest BCUT2D eigenvalue weighted by atomic mass is 10.1. The number of hydrogen-bond acceptors (Lipinski definition) is 7. The molecule has 11 heteroatoms. The highest BCUT2D eigenvalue weighted by Gasteiger charge is 2.43. The van der Waals surface area contributed by atoms with Gasteiger partial charge in [0, 0.05) is 18.7 Å². The lowest BCUT2D eigenvalue weighted by Crippen LogP contribution is -2.48. The first-order valence-corrected chi connectivity index (χ1v) is 11.6. The largest absolute Gasteiger partial charge is 0.468 e. The minimum atomic E-state index is -4.15. The van der Waals surface area contributed by atoms with E-state index in [0.717, 1.165) is 34.1 Å². The molecule has 3 rings (SSSR count). The van der Waals surface area contributed by atoms with Gasteiger partial charge < -0.3 is 9.47 Å². The van der Waals surface area contributed by atoms with Crippen molar-refractivity contribution in [3.8, 4) is 0 Å². The molecule has 1 aliphatic rings. The van der Waals surface area contributed by atoms with Gasteiger partial charge in [-0.15, -0.1) is 0 Å². The molecular formula is C19H19IN2O7S. The van der Waals surface area contributed by atoms with Crippen LogP contribution in [0, 0.1) is 10.1 Å². The van der Waals surface area contributed by atoms with Gasteiger partial charge in [-0.1, -0.05) is 52.9 Å². The lowest BCUT2D eigenvalue weighted by molar-refractivity contribution is -0.384. The molecule has 0 saturated carbocycles. The molecule has 0 aromatic heterocycles. The van der Waals surface area contributed by atoms with Gasteiger partial charge in [-0.05, 0) is 17.7 Å². The second-order valence-corrected chi connectivity index (χ2v) is 10.0.